The van der Waals surface area contributed by atoms with Crippen LogP contribution in [0.3, 0.4) is 0 Å². The highest BCUT2D eigenvalue weighted by Gasteiger charge is 2.28. The van der Waals surface area contributed by atoms with Crippen LogP contribution in [0.4, 0.5) is 0 Å². The average Bonchev–Trinajstić information content (AvgIpc) is 3.29. The third kappa shape index (κ3) is 6.76. The molecule has 0 heterocycles. The number of aryl methyl sites for hydroxylation is 1. The molecule has 1 aliphatic carbocycles. The van der Waals surface area contributed by atoms with Gasteiger partial charge in [-0.2, -0.15) is 0 Å². The van der Waals surface area contributed by atoms with Gasteiger partial charge < -0.3 is 15.0 Å². The third-order valence-corrected chi connectivity index (χ3v) is 6.74. The standard InChI is InChI=1S/C25H32N2O3S/c1-18-11-13-23(14-12-18)31-17-24(28)27(16-20-7-6-10-22(15-20)30-3)19(2)25(29)26-21-8-4-5-9-21/h6-7,10-15,19,21H,4-5,8-9,16-17H2,1-3H3,(H,26,29)/t19-/m0/s1. The summed E-state index contributed by atoms with van der Waals surface area (Å²) in [6, 6.07) is 15.5. The Bertz CT molecular complexity index is 879. The van der Waals surface area contributed by atoms with Gasteiger partial charge in [0.25, 0.3) is 0 Å². The van der Waals surface area contributed by atoms with Gasteiger partial charge in [0.2, 0.25) is 11.8 Å². The Hall–Kier alpha value is -2.47. The van der Waals surface area contributed by atoms with E-state index in [1.54, 1.807) is 12.0 Å². The van der Waals surface area contributed by atoms with Crippen molar-refractivity contribution in [3.63, 3.8) is 0 Å². The molecule has 0 spiro atoms. The highest BCUT2D eigenvalue weighted by atomic mass is 32.2. The smallest absolute Gasteiger partial charge is 0.242 e. The van der Waals surface area contributed by atoms with Crippen molar-refractivity contribution in [3.05, 3.63) is 59.7 Å². The predicted molar refractivity (Wildman–Crippen MR) is 125 cm³/mol. The molecule has 0 aliphatic heterocycles. The molecule has 5 nitrogen and oxygen atoms in total. The van der Waals surface area contributed by atoms with Gasteiger partial charge in [-0.05, 0) is 56.5 Å². The van der Waals surface area contributed by atoms with E-state index >= 15 is 0 Å². The van der Waals surface area contributed by atoms with Gasteiger partial charge in [-0.3, -0.25) is 9.59 Å². The van der Waals surface area contributed by atoms with Crippen molar-refractivity contribution in [2.45, 2.75) is 63.1 Å². The molecule has 2 amide bonds. The lowest BCUT2D eigenvalue weighted by atomic mass is 10.1. The third-order valence-electron chi connectivity index (χ3n) is 5.74. The fourth-order valence-electron chi connectivity index (χ4n) is 3.80. The Morgan fingerprint density at radius 2 is 1.87 bits per heavy atom. The van der Waals surface area contributed by atoms with Crippen LogP contribution in [0.1, 0.15) is 43.7 Å². The number of amides is 2. The van der Waals surface area contributed by atoms with Crippen LogP contribution < -0.4 is 10.1 Å². The van der Waals surface area contributed by atoms with Crippen LogP contribution in [0, 0.1) is 6.92 Å². The summed E-state index contributed by atoms with van der Waals surface area (Å²) in [5, 5.41) is 3.14. The van der Waals surface area contributed by atoms with E-state index in [9.17, 15) is 9.59 Å². The van der Waals surface area contributed by atoms with Crippen LogP contribution in [-0.2, 0) is 16.1 Å². The van der Waals surface area contributed by atoms with E-state index in [0.29, 0.717) is 6.54 Å². The molecular weight excluding hydrogens is 408 g/mol. The summed E-state index contributed by atoms with van der Waals surface area (Å²) in [5.41, 5.74) is 2.13. The highest BCUT2D eigenvalue weighted by Crippen LogP contribution is 2.22. The number of carbonyl (C=O) groups excluding carboxylic acids is 2. The van der Waals surface area contributed by atoms with Crippen molar-refractivity contribution in [1.29, 1.82) is 0 Å². The molecular formula is C25H32N2O3S. The van der Waals surface area contributed by atoms with Gasteiger partial charge in [-0.1, -0.05) is 42.7 Å². The molecule has 2 aromatic rings. The van der Waals surface area contributed by atoms with E-state index in [2.05, 4.69) is 5.32 Å². The largest absolute Gasteiger partial charge is 0.497 e. The second-order valence-electron chi connectivity index (χ2n) is 8.14. The topological polar surface area (TPSA) is 58.6 Å². The van der Waals surface area contributed by atoms with Crippen molar-refractivity contribution in [2.75, 3.05) is 12.9 Å². The Morgan fingerprint density at radius 3 is 2.55 bits per heavy atom. The Kier molecular flexibility index (Phi) is 8.41. The second kappa shape index (κ2) is 11.2. The summed E-state index contributed by atoms with van der Waals surface area (Å²) in [6.07, 6.45) is 4.34. The van der Waals surface area contributed by atoms with Crippen LogP contribution >= 0.6 is 11.8 Å². The van der Waals surface area contributed by atoms with Crippen molar-refractivity contribution >= 4 is 23.6 Å². The zero-order valence-electron chi connectivity index (χ0n) is 18.6. The molecule has 1 fully saturated rings. The van der Waals surface area contributed by atoms with Gasteiger partial charge in [-0.15, -0.1) is 11.8 Å². The number of ether oxygens (including phenoxy) is 1. The van der Waals surface area contributed by atoms with E-state index in [4.69, 9.17) is 4.74 Å². The number of benzene rings is 2. The fraction of sp³-hybridized carbons (Fsp3) is 0.440. The van der Waals surface area contributed by atoms with Crippen molar-refractivity contribution in [3.8, 4) is 5.75 Å². The molecule has 0 radical (unpaired) electrons. The maximum Gasteiger partial charge on any atom is 0.242 e. The maximum absolute atomic E-state index is 13.2. The number of hydrogen-bond donors (Lipinski definition) is 1. The Balaban J connectivity index is 1.72. The minimum absolute atomic E-state index is 0.0533. The molecule has 1 atom stereocenters. The van der Waals surface area contributed by atoms with Gasteiger partial charge in [0.15, 0.2) is 0 Å². The van der Waals surface area contributed by atoms with Crippen LogP contribution in [0.25, 0.3) is 0 Å². The summed E-state index contributed by atoms with van der Waals surface area (Å²) >= 11 is 1.50. The Morgan fingerprint density at radius 1 is 1.16 bits per heavy atom. The summed E-state index contributed by atoms with van der Waals surface area (Å²) in [7, 11) is 1.62. The number of nitrogens with one attached hydrogen (secondary N) is 1. The molecule has 2 aromatic carbocycles. The van der Waals surface area contributed by atoms with E-state index < -0.39 is 6.04 Å². The number of hydrogen-bond acceptors (Lipinski definition) is 4. The first kappa shape index (κ1) is 23.2. The lowest BCUT2D eigenvalue weighted by molar-refractivity contribution is -0.138. The van der Waals surface area contributed by atoms with Crippen molar-refractivity contribution < 1.29 is 14.3 Å². The second-order valence-corrected chi connectivity index (χ2v) is 9.19. The first-order chi connectivity index (χ1) is 15.0. The number of methoxy groups -OCH3 is 1. The number of carbonyl (C=O) groups is 2. The molecule has 3 rings (SSSR count). The summed E-state index contributed by atoms with van der Waals surface area (Å²) in [5.74, 6) is 0.890. The molecule has 0 unspecified atom stereocenters. The molecule has 6 heteroatoms. The number of thioether (sulfide) groups is 1. The lowest BCUT2D eigenvalue weighted by Crippen LogP contribution is -2.50. The molecule has 0 saturated heterocycles. The van der Waals surface area contributed by atoms with E-state index in [1.807, 2.05) is 62.4 Å². The van der Waals surface area contributed by atoms with Gasteiger partial charge in [0.1, 0.15) is 11.8 Å². The summed E-state index contributed by atoms with van der Waals surface area (Å²) in [4.78, 5) is 28.9. The molecule has 166 valence electrons. The van der Waals surface area contributed by atoms with Crippen LogP contribution in [0.15, 0.2) is 53.4 Å². The fourth-order valence-corrected chi connectivity index (χ4v) is 4.59. The first-order valence-corrected chi connectivity index (χ1v) is 11.9. The van der Waals surface area contributed by atoms with Crippen LogP contribution in [0.5, 0.6) is 5.75 Å². The zero-order valence-corrected chi connectivity index (χ0v) is 19.4. The normalized spacial score (nSPS) is 14.8. The number of rotatable bonds is 9. The van der Waals surface area contributed by atoms with Gasteiger partial charge >= 0.3 is 0 Å². The molecule has 1 aliphatic rings. The average molecular weight is 441 g/mol. The van der Waals surface area contributed by atoms with Crippen molar-refractivity contribution in [2.24, 2.45) is 0 Å². The van der Waals surface area contributed by atoms with Gasteiger partial charge in [0.05, 0.1) is 12.9 Å². The first-order valence-electron chi connectivity index (χ1n) is 10.9. The van der Waals surface area contributed by atoms with Gasteiger partial charge in [0, 0.05) is 17.5 Å². The van der Waals surface area contributed by atoms with E-state index in [-0.39, 0.29) is 23.6 Å². The van der Waals surface area contributed by atoms with Crippen LogP contribution in [0.2, 0.25) is 0 Å². The SMILES string of the molecule is COc1cccc(CN(C(=O)CSc2ccc(C)cc2)[C@@H](C)C(=O)NC2CCCC2)c1. The highest BCUT2D eigenvalue weighted by molar-refractivity contribution is 8.00. The Labute approximate surface area is 189 Å². The predicted octanol–water partition coefficient (Wildman–Crippen LogP) is 4.57. The minimum atomic E-state index is -0.544. The summed E-state index contributed by atoms with van der Waals surface area (Å²) < 4.78 is 5.32. The molecule has 0 aromatic heterocycles. The van der Waals surface area contributed by atoms with E-state index in [1.165, 1.54) is 17.3 Å². The molecule has 31 heavy (non-hydrogen) atoms. The summed E-state index contributed by atoms with van der Waals surface area (Å²) in [6.45, 7) is 4.22. The van der Waals surface area contributed by atoms with Crippen LogP contribution in [-0.4, -0.2) is 41.7 Å². The molecule has 1 N–H and O–H groups in total. The lowest BCUT2D eigenvalue weighted by Gasteiger charge is -2.29. The van der Waals surface area contributed by atoms with Gasteiger partial charge in [-0.25, -0.2) is 0 Å². The minimum Gasteiger partial charge on any atom is -0.497 e. The molecule has 1 saturated carbocycles. The zero-order chi connectivity index (χ0) is 22.2. The quantitative estimate of drug-likeness (QED) is 0.580. The monoisotopic (exact) mass is 440 g/mol. The maximum atomic E-state index is 13.2. The molecule has 0 bridgehead atoms. The van der Waals surface area contributed by atoms with Crippen molar-refractivity contribution in [1.82, 2.24) is 10.2 Å². The number of nitrogens with zero attached hydrogens (tertiary/aromatic N) is 1. The van der Waals surface area contributed by atoms with E-state index in [0.717, 1.165) is 41.9 Å².